The van der Waals surface area contributed by atoms with Crippen molar-refractivity contribution in [2.45, 2.75) is 25.5 Å². The molecule has 0 saturated carbocycles. The fourth-order valence-electron chi connectivity index (χ4n) is 1.06. The van der Waals surface area contributed by atoms with Gasteiger partial charge in [0.1, 0.15) is 28.5 Å². The zero-order valence-corrected chi connectivity index (χ0v) is 12.4. The van der Waals surface area contributed by atoms with Gasteiger partial charge >= 0.3 is 0 Å². The maximum absolute atomic E-state index is 12.9. The molecule has 0 spiro atoms. The topological polar surface area (TPSA) is 35.4 Å². The van der Waals surface area contributed by atoms with Crippen molar-refractivity contribution in [1.82, 2.24) is 0 Å². The van der Waals surface area contributed by atoms with Gasteiger partial charge in [0.05, 0.1) is 0 Å². The average Bonchev–Trinajstić information content (AvgIpc) is 2.24. The molecule has 0 N–H and O–H groups in total. The molecule has 0 aromatic heterocycles. The Labute approximate surface area is 113 Å². The van der Waals surface area contributed by atoms with Gasteiger partial charge < -0.3 is 4.55 Å². The zero-order valence-electron chi connectivity index (χ0n) is 10.0. The molecule has 2 nitrogen and oxygen atoms in total. The average molecular weight is 320 g/mol. The second kappa shape index (κ2) is 5.98. The summed E-state index contributed by atoms with van der Waals surface area (Å²) in [6, 6.07) is 7.16. The van der Waals surface area contributed by atoms with E-state index in [0.29, 0.717) is 5.56 Å². The molecular formula is C12H15BrFNOS. The summed E-state index contributed by atoms with van der Waals surface area (Å²) in [6.45, 7) is 4.70. The molecule has 0 radical (unpaired) electrons. The fourth-order valence-corrected chi connectivity index (χ4v) is 2.09. The first-order chi connectivity index (χ1) is 7.84. The van der Waals surface area contributed by atoms with Crippen LogP contribution in [0.25, 0.3) is 0 Å². The predicted molar refractivity (Wildman–Crippen MR) is 74.5 cm³/mol. The highest BCUT2D eigenvalue weighted by molar-refractivity contribution is 9.10. The molecule has 0 fully saturated rings. The van der Waals surface area contributed by atoms with Crippen LogP contribution in [0.4, 0.5) is 4.39 Å². The minimum absolute atomic E-state index is 0.222. The molecule has 0 aliphatic heterocycles. The van der Waals surface area contributed by atoms with Gasteiger partial charge in [-0.2, -0.15) is 0 Å². The third kappa shape index (κ3) is 4.41. The van der Waals surface area contributed by atoms with Crippen molar-refractivity contribution < 1.29 is 8.94 Å². The van der Waals surface area contributed by atoms with Crippen LogP contribution in [0.15, 0.2) is 33.1 Å². The van der Waals surface area contributed by atoms with Crippen molar-refractivity contribution in [2.75, 3.05) is 6.67 Å². The Bertz CT molecular complexity index is 417. The van der Waals surface area contributed by atoms with E-state index in [1.54, 1.807) is 18.2 Å². The Morgan fingerprint density at radius 1 is 1.47 bits per heavy atom. The molecule has 0 heterocycles. The summed E-state index contributed by atoms with van der Waals surface area (Å²) in [6.07, 6.45) is 0. The number of alkyl halides is 1. The number of benzene rings is 1. The molecule has 0 aliphatic rings. The van der Waals surface area contributed by atoms with Crippen LogP contribution < -0.4 is 0 Å². The maximum atomic E-state index is 12.9. The number of rotatable bonds is 3. The number of nitrogens with zero attached hydrogens (tertiary/aromatic N) is 1. The van der Waals surface area contributed by atoms with Crippen LogP contribution in [-0.4, -0.2) is 21.7 Å². The first kappa shape index (κ1) is 14.7. The summed E-state index contributed by atoms with van der Waals surface area (Å²) in [5, 5.41) is 0. The predicted octanol–water partition coefficient (Wildman–Crippen LogP) is 3.67. The van der Waals surface area contributed by atoms with Gasteiger partial charge in [0.2, 0.25) is 0 Å². The van der Waals surface area contributed by atoms with E-state index in [9.17, 15) is 8.94 Å². The molecule has 0 bridgehead atoms. The largest absolute Gasteiger partial charge is 0.591 e. The lowest BCUT2D eigenvalue weighted by molar-refractivity contribution is 0.558. The summed E-state index contributed by atoms with van der Waals surface area (Å²) >= 11 is 1.87. The second-order valence-electron chi connectivity index (χ2n) is 4.54. The van der Waals surface area contributed by atoms with E-state index in [2.05, 4.69) is 20.3 Å². The minimum atomic E-state index is -1.44. The molecule has 0 unspecified atom stereocenters. The monoisotopic (exact) mass is 319 g/mol. The Morgan fingerprint density at radius 2 is 2.12 bits per heavy atom. The van der Waals surface area contributed by atoms with E-state index in [-0.39, 0.29) is 5.71 Å². The summed E-state index contributed by atoms with van der Waals surface area (Å²) in [5.41, 5.74) is 0.874. The van der Waals surface area contributed by atoms with Gasteiger partial charge in [0.25, 0.3) is 0 Å². The summed E-state index contributed by atoms with van der Waals surface area (Å²) in [7, 11) is 0. The van der Waals surface area contributed by atoms with Crippen LogP contribution >= 0.6 is 15.9 Å². The van der Waals surface area contributed by atoms with Gasteiger partial charge in [-0.1, -0.05) is 32.5 Å². The van der Waals surface area contributed by atoms with E-state index in [1.165, 1.54) is 0 Å². The number of halogens is 2. The normalized spacial score (nSPS) is 14.8. The van der Waals surface area contributed by atoms with Crippen LogP contribution in [-0.2, 0) is 11.4 Å². The second-order valence-corrected chi connectivity index (χ2v) is 7.36. The van der Waals surface area contributed by atoms with Crippen LogP contribution in [0.2, 0.25) is 0 Å². The molecular weight excluding hydrogens is 305 g/mol. The molecule has 0 amide bonds. The van der Waals surface area contributed by atoms with Gasteiger partial charge in [-0.15, -0.1) is 0 Å². The molecule has 0 saturated heterocycles. The van der Waals surface area contributed by atoms with Crippen molar-refractivity contribution in [1.29, 1.82) is 0 Å². The molecule has 1 aromatic carbocycles. The highest BCUT2D eigenvalue weighted by Gasteiger charge is 2.27. The lowest BCUT2D eigenvalue weighted by Gasteiger charge is -2.19. The Kier molecular flexibility index (Phi) is 5.16. The van der Waals surface area contributed by atoms with Crippen molar-refractivity contribution in [3.8, 4) is 0 Å². The molecule has 5 heteroatoms. The van der Waals surface area contributed by atoms with Crippen molar-refractivity contribution in [3.63, 3.8) is 0 Å². The standard InChI is InChI=1S/C12H15BrFNOS/c1-12(2,3)17(16)15-11(8-14)9-5-4-6-10(13)7-9/h4-7H,8H2,1-3H3/t17-/m1/s1. The SMILES string of the molecule is CC(C)(C)[S@@+]([O-])N=C(CF)c1cccc(Br)c1. The van der Waals surface area contributed by atoms with Gasteiger partial charge in [-0.3, -0.25) is 0 Å². The van der Waals surface area contributed by atoms with Crippen molar-refractivity contribution in [3.05, 3.63) is 34.3 Å². The number of hydrogen-bond donors (Lipinski definition) is 0. The lowest BCUT2D eigenvalue weighted by Crippen LogP contribution is -2.27. The van der Waals surface area contributed by atoms with E-state index in [0.717, 1.165) is 4.47 Å². The van der Waals surface area contributed by atoms with Crippen molar-refractivity contribution in [2.24, 2.45) is 4.40 Å². The Morgan fingerprint density at radius 3 is 2.59 bits per heavy atom. The molecule has 1 atom stereocenters. The molecule has 1 rings (SSSR count). The van der Waals surface area contributed by atoms with Gasteiger partial charge in [-0.05, 0) is 32.9 Å². The van der Waals surface area contributed by atoms with Gasteiger partial charge in [-0.25, -0.2) is 4.39 Å². The minimum Gasteiger partial charge on any atom is -0.591 e. The van der Waals surface area contributed by atoms with Gasteiger partial charge in [0.15, 0.2) is 0 Å². The summed E-state index contributed by atoms with van der Waals surface area (Å²) in [4.78, 5) is 0. The van der Waals surface area contributed by atoms with E-state index in [4.69, 9.17) is 0 Å². The fraction of sp³-hybridized carbons (Fsp3) is 0.417. The molecule has 1 aromatic rings. The van der Waals surface area contributed by atoms with E-state index >= 15 is 0 Å². The van der Waals surface area contributed by atoms with Crippen molar-refractivity contribution >= 4 is 33.0 Å². The quantitative estimate of drug-likeness (QED) is 0.618. The van der Waals surface area contributed by atoms with Crippen LogP contribution in [0, 0.1) is 0 Å². The molecule has 94 valence electrons. The lowest BCUT2D eigenvalue weighted by atomic mass is 10.1. The smallest absolute Gasteiger partial charge is 0.144 e. The first-order valence-corrected chi connectivity index (χ1v) is 7.06. The number of hydrogen-bond acceptors (Lipinski definition) is 2. The van der Waals surface area contributed by atoms with Crippen LogP contribution in [0.5, 0.6) is 0 Å². The third-order valence-electron chi connectivity index (χ3n) is 2.00. The van der Waals surface area contributed by atoms with E-state index in [1.807, 2.05) is 26.8 Å². The maximum Gasteiger partial charge on any atom is 0.144 e. The first-order valence-electron chi connectivity index (χ1n) is 5.16. The van der Waals surface area contributed by atoms with Crippen LogP contribution in [0.1, 0.15) is 26.3 Å². The molecule has 0 aliphatic carbocycles. The van der Waals surface area contributed by atoms with Crippen LogP contribution in [0.3, 0.4) is 0 Å². The Balaban J connectivity index is 3.03. The van der Waals surface area contributed by atoms with E-state index < -0.39 is 22.8 Å². The Hall–Kier alpha value is -0.390. The zero-order chi connectivity index (χ0) is 13.1. The highest BCUT2D eigenvalue weighted by Crippen LogP contribution is 2.19. The third-order valence-corrected chi connectivity index (χ3v) is 3.93. The summed E-state index contributed by atoms with van der Waals surface area (Å²) in [5.74, 6) is 0. The van der Waals surface area contributed by atoms with Gasteiger partial charge in [0, 0.05) is 10.0 Å². The highest BCUT2D eigenvalue weighted by atomic mass is 79.9. The summed E-state index contributed by atoms with van der Waals surface area (Å²) < 4.78 is 29.1. The molecule has 17 heavy (non-hydrogen) atoms.